The first kappa shape index (κ1) is 13.5. The van der Waals surface area contributed by atoms with Crippen molar-refractivity contribution >= 4 is 11.8 Å². The molecule has 0 radical (unpaired) electrons. The molecule has 0 saturated carbocycles. The van der Waals surface area contributed by atoms with Gasteiger partial charge in [-0.3, -0.25) is 14.5 Å². The lowest BCUT2D eigenvalue weighted by Gasteiger charge is -2.11. The highest BCUT2D eigenvalue weighted by molar-refractivity contribution is 6.21. The van der Waals surface area contributed by atoms with E-state index >= 15 is 0 Å². The van der Waals surface area contributed by atoms with Crippen molar-refractivity contribution in [2.75, 3.05) is 0 Å². The summed E-state index contributed by atoms with van der Waals surface area (Å²) in [5.74, 6) is 0.166. The van der Waals surface area contributed by atoms with Crippen LogP contribution in [-0.4, -0.2) is 26.9 Å². The maximum absolute atomic E-state index is 12.2. The molecule has 3 rings (SSSR count). The third kappa shape index (κ3) is 2.22. The van der Waals surface area contributed by atoms with Crippen LogP contribution < -0.4 is 0 Å². The number of hydrogen-bond donors (Lipinski definition) is 0. The first-order valence-electron chi connectivity index (χ1n) is 6.66. The van der Waals surface area contributed by atoms with Crippen LogP contribution in [0.1, 0.15) is 53.2 Å². The number of aromatic nitrogens is 2. The van der Waals surface area contributed by atoms with E-state index in [1.807, 2.05) is 20.8 Å². The number of carbonyl (C=O) groups excluding carboxylic acids is 2. The summed E-state index contributed by atoms with van der Waals surface area (Å²) < 4.78 is 5.18. The molecule has 2 heterocycles. The lowest BCUT2D eigenvalue weighted by Crippen LogP contribution is -2.29. The number of carbonyl (C=O) groups is 2. The maximum Gasteiger partial charge on any atom is 0.261 e. The third-order valence-corrected chi connectivity index (χ3v) is 3.29. The molecule has 1 aromatic carbocycles. The standard InChI is InChI=1S/C15H15N3O3/c1-15(2,3)14-16-11(17-21-14)8-18-12(19)9-6-4-5-7-10(9)13(18)20/h4-7H,8H2,1-3H3. The Hall–Kier alpha value is -2.50. The highest BCUT2D eigenvalue weighted by atomic mass is 16.5. The van der Waals surface area contributed by atoms with Crippen molar-refractivity contribution in [3.8, 4) is 0 Å². The minimum Gasteiger partial charge on any atom is -0.339 e. The van der Waals surface area contributed by atoms with Gasteiger partial charge >= 0.3 is 0 Å². The Morgan fingerprint density at radius 2 is 1.67 bits per heavy atom. The summed E-state index contributed by atoms with van der Waals surface area (Å²) in [7, 11) is 0. The summed E-state index contributed by atoms with van der Waals surface area (Å²) in [6, 6.07) is 6.76. The molecule has 108 valence electrons. The van der Waals surface area contributed by atoms with Gasteiger partial charge in [-0.1, -0.05) is 38.1 Å². The summed E-state index contributed by atoms with van der Waals surface area (Å²) in [6.45, 7) is 5.87. The topological polar surface area (TPSA) is 76.3 Å². The van der Waals surface area contributed by atoms with Gasteiger partial charge < -0.3 is 4.52 Å². The SMILES string of the molecule is CC(C)(C)c1nc(CN2C(=O)c3ccccc3C2=O)no1. The molecule has 1 aromatic heterocycles. The van der Waals surface area contributed by atoms with Crippen LogP contribution in [0.2, 0.25) is 0 Å². The molecule has 0 spiro atoms. The molecule has 1 aliphatic rings. The lowest BCUT2D eigenvalue weighted by atomic mass is 9.97. The fraction of sp³-hybridized carbons (Fsp3) is 0.333. The molecular formula is C15H15N3O3. The van der Waals surface area contributed by atoms with Crippen molar-refractivity contribution < 1.29 is 14.1 Å². The van der Waals surface area contributed by atoms with Gasteiger partial charge in [0.1, 0.15) is 0 Å². The summed E-state index contributed by atoms with van der Waals surface area (Å²) in [4.78, 5) is 29.9. The monoisotopic (exact) mass is 285 g/mol. The van der Waals surface area contributed by atoms with Gasteiger partial charge in [0.15, 0.2) is 5.82 Å². The van der Waals surface area contributed by atoms with Gasteiger partial charge in [0.2, 0.25) is 5.89 Å². The van der Waals surface area contributed by atoms with Gasteiger partial charge in [0.25, 0.3) is 11.8 Å². The van der Waals surface area contributed by atoms with E-state index in [1.165, 1.54) is 0 Å². The van der Waals surface area contributed by atoms with E-state index in [0.29, 0.717) is 22.8 Å². The van der Waals surface area contributed by atoms with E-state index in [1.54, 1.807) is 24.3 Å². The molecule has 0 fully saturated rings. The summed E-state index contributed by atoms with van der Waals surface area (Å²) in [5.41, 5.74) is 0.567. The quantitative estimate of drug-likeness (QED) is 0.790. The van der Waals surface area contributed by atoms with E-state index in [0.717, 1.165) is 4.90 Å². The molecular weight excluding hydrogens is 270 g/mol. The Bertz CT molecular complexity index is 693. The van der Waals surface area contributed by atoms with Crippen LogP contribution in [0.3, 0.4) is 0 Å². The molecule has 2 amide bonds. The van der Waals surface area contributed by atoms with E-state index in [9.17, 15) is 9.59 Å². The normalized spacial score (nSPS) is 14.7. The fourth-order valence-corrected chi connectivity index (χ4v) is 2.15. The molecule has 0 N–H and O–H groups in total. The molecule has 0 aliphatic carbocycles. The van der Waals surface area contributed by atoms with Crippen LogP contribution in [-0.2, 0) is 12.0 Å². The maximum atomic E-state index is 12.2. The van der Waals surface area contributed by atoms with Crippen LogP contribution in [0, 0.1) is 0 Å². The molecule has 21 heavy (non-hydrogen) atoms. The summed E-state index contributed by atoms with van der Waals surface area (Å²) >= 11 is 0. The van der Waals surface area contributed by atoms with Gasteiger partial charge in [0, 0.05) is 5.41 Å². The average Bonchev–Trinajstić information content (AvgIpc) is 2.99. The van der Waals surface area contributed by atoms with Gasteiger partial charge in [-0.15, -0.1) is 0 Å². The van der Waals surface area contributed by atoms with Crippen LogP contribution in [0.5, 0.6) is 0 Å². The first-order valence-corrected chi connectivity index (χ1v) is 6.66. The predicted octanol–water partition coefficient (Wildman–Crippen LogP) is 2.16. The second kappa shape index (κ2) is 4.51. The smallest absolute Gasteiger partial charge is 0.261 e. The minimum atomic E-state index is -0.322. The zero-order valence-electron chi connectivity index (χ0n) is 12.1. The van der Waals surface area contributed by atoms with Crippen molar-refractivity contribution in [3.05, 3.63) is 47.1 Å². The van der Waals surface area contributed by atoms with Crippen molar-refractivity contribution in [1.29, 1.82) is 0 Å². The zero-order valence-corrected chi connectivity index (χ0v) is 12.1. The number of rotatable bonds is 2. The molecule has 1 aliphatic heterocycles. The lowest BCUT2D eigenvalue weighted by molar-refractivity contribution is 0.0637. The largest absolute Gasteiger partial charge is 0.339 e. The molecule has 6 heteroatoms. The number of benzene rings is 1. The predicted molar refractivity (Wildman–Crippen MR) is 73.6 cm³/mol. The molecule has 0 bridgehead atoms. The van der Waals surface area contributed by atoms with Gasteiger partial charge in [0.05, 0.1) is 17.7 Å². The Labute approximate surface area is 121 Å². The zero-order chi connectivity index (χ0) is 15.2. The number of hydrogen-bond acceptors (Lipinski definition) is 5. The van der Waals surface area contributed by atoms with Crippen molar-refractivity contribution in [2.24, 2.45) is 0 Å². The highest BCUT2D eigenvalue weighted by Crippen LogP contribution is 2.25. The molecule has 6 nitrogen and oxygen atoms in total. The molecule has 2 aromatic rings. The van der Waals surface area contributed by atoms with Crippen molar-refractivity contribution in [2.45, 2.75) is 32.7 Å². The van der Waals surface area contributed by atoms with Crippen LogP contribution in [0.25, 0.3) is 0 Å². The molecule has 0 saturated heterocycles. The average molecular weight is 285 g/mol. The molecule has 0 atom stereocenters. The van der Waals surface area contributed by atoms with Crippen molar-refractivity contribution in [3.63, 3.8) is 0 Å². The Morgan fingerprint density at radius 1 is 1.10 bits per heavy atom. The minimum absolute atomic E-state index is 0.0198. The second-order valence-electron chi connectivity index (χ2n) is 6.01. The Morgan fingerprint density at radius 3 is 2.14 bits per heavy atom. The molecule has 0 unspecified atom stereocenters. The van der Waals surface area contributed by atoms with Gasteiger partial charge in [-0.05, 0) is 12.1 Å². The van der Waals surface area contributed by atoms with E-state index < -0.39 is 0 Å². The van der Waals surface area contributed by atoms with E-state index in [-0.39, 0.29) is 23.8 Å². The van der Waals surface area contributed by atoms with Crippen LogP contribution in [0.15, 0.2) is 28.8 Å². The Balaban J connectivity index is 1.86. The third-order valence-electron chi connectivity index (χ3n) is 3.29. The van der Waals surface area contributed by atoms with Gasteiger partial charge in [-0.2, -0.15) is 4.98 Å². The van der Waals surface area contributed by atoms with Crippen LogP contribution >= 0.6 is 0 Å². The van der Waals surface area contributed by atoms with E-state index in [2.05, 4.69) is 10.1 Å². The van der Waals surface area contributed by atoms with Crippen molar-refractivity contribution in [1.82, 2.24) is 15.0 Å². The Kier molecular flexibility index (Phi) is 2.90. The fourth-order valence-electron chi connectivity index (χ4n) is 2.15. The van der Waals surface area contributed by atoms with Gasteiger partial charge in [-0.25, -0.2) is 0 Å². The number of imide groups is 1. The summed E-state index contributed by atoms with van der Waals surface area (Å²) in [6.07, 6.45) is 0. The van der Waals surface area contributed by atoms with E-state index in [4.69, 9.17) is 4.52 Å². The van der Waals surface area contributed by atoms with Crippen LogP contribution in [0.4, 0.5) is 0 Å². The second-order valence-corrected chi connectivity index (χ2v) is 6.01. The summed E-state index contributed by atoms with van der Waals surface area (Å²) in [5, 5.41) is 3.85. The number of fused-ring (bicyclic) bond motifs is 1. The first-order chi connectivity index (χ1) is 9.88. The number of amides is 2. The number of nitrogens with zero attached hydrogens (tertiary/aromatic N) is 3. The highest BCUT2D eigenvalue weighted by Gasteiger charge is 2.36.